The first kappa shape index (κ1) is 12.4. The van der Waals surface area contributed by atoms with Crippen LogP contribution in [0.1, 0.15) is 19.4 Å². The van der Waals surface area contributed by atoms with E-state index in [1.807, 2.05) is 29.3 Å². The third-order valence-corrected chi connectivity index (χ3v) is 2.57. The standard InChI is InChI=1S/C13H19N5/c1-4-17-10-12(8-16-17)7-14-13-5-6-15-18(13)9-11(2)3/h4-6,8,10-11,14H,1,7,9H2,2-3H3. The lowest BCUT2D eigenvalue weighted by atomic mass is 10.2. The van der Waals surface area contributed by atoms with Crippen molar-refractivity contribution in [2.75, 3.05) is 5.32 Å². The summed E-state index contributed by atoms with van der Waals surface area (Å²) in [7, 11) is 0. The van der Waals surface area contributed by atoms with Gasteiger partial charge in [0.2, 0.25) is 0 Å². The molecular weight excluding hydrogens is 226 g/mol. The lowest BCUT2D eigenvalue weighted by molar-refractivity contribution is 0.487. The van der Waals surface area contributed by atoms with Crippen LogP contribution in [0.4, 0.5) is 5.82 Å². The molecule has 0 fully saturated rings. The van der Waals surface area contributed by atoms with Gasteiger partial charge in [-0.2, -0.15) is 10.2 Å². The molecule has 0 aliphatic carbocycles. The molecule has 0 amide bonds. The molecule has 2 aromatic heterocycles. The second kappa shape index (κ2) is 5.53. The molecule has 0 atom stereocenters. The predicted octanol–water partition coefficient (Wildman–Crippen LogP) is 2.45. The molecule has 0 aromatic carbocycles. The number of aromatic nitrogens is 4. The minimum Gasteiger partial charge on any atom is -0.366 e. The van der Waals surface area contributed by atoms with Gasteiger partial charge in [-0.15, -0.1) is 0 Å². The fourth-order valence-electron chi connectivity index (χ4n) is 1.74. The summed E-state index contributed by atoms with van der Waals surface area (Å²) in [5.41, 5.74) is 1.12. The van der Waals surface area contributed by atoms with E-state index in [0.29, 0.717) is 5.92 Å². The number of nitrogens with zero attached hydrogens (tertiary/aromatic N) is 4. The van der Waals surface area contributed by atoms with E-state index in [1.54, 1.807) is 10.9 Å². The SMILES string of the molecule is C=Cn1cc(CNc2ccnn2CC(C)C)cn1. The van der Waals surface area contributed by atoms with Crippen molar-refractivity contribution < 1.29 is 0 Å². The third-order valence-electron chi connectivity index (χ3n) is 2.57. The Morgan fingerprint density at radius 2 is 2.28 bits per heavy atom. The highest BCUT2D eigenvalue weighted by atomic mass is 15.3. The summed E-state index contributed by atoms with van der Waals surface area (Å²) in [5, 5.41) is 11.8. The van der Waals surface area contributed by atoms with Gasteiger partial charge >= 0.3 is 0 Å². The van der Waals surface area contributed by atoms with Crippen molar-refractivity contribution >= 4 is 12.0 Å². The van der Waals surface area contributed by atoms with E-state index in [-0.39, 0.29) is 0 Å². The molecule has 0 saturated heterocycles. The van der Waals surface area contributed by atoms with Crippen LogP contribution >= 0.6 is 0 Å². The molecule has 5 heteroatoms. The number of hydrogen-bond acceptors (Lipinski definition) is 3. The second-order valence-electron chi connectivity index (χ2n) is 4.66. The van der Waals surface area contributed by atoms with Gasteiger partial charge in [-0.05, 0) is 5.92 Å². The molecule has 5 nitrogen and oxygen atoms in total. The normalized spacial score (nSPS) is 10.8. The summed E-state index contributed by atoms with van der Waals surface area (Å²) in [6.45, 7) is 9.68. The van der Waals surface area contributed by atoms with E-state index < -0.39 is 0 Å². The quantitative estimate of drug-likeness (QED) is 0.850. The zero-order valence-corrected chi connectivity index (χ0v) is 10.9. The van der Waals surface area contributed by atoms with Gasteiger partial charge in [-0.3, -0.25) is 0 Å². The second-order valence-corrected chi connectivity index (χ2v) is 4.66. The number of anilines is 1. The van der Waals surface area contributed by atoms with Crippen LogP contribution in [0, 0.1) is 5.92 Å². The first-order valence-electron chi connectivity index (χ1n) is 6.10. The topological polar surface area (TPSA) is 47.7 Å². The fourth-order valence-corrected chi connectivity index (χ4v) is 1.74. The predicted molar refractivity (Wildman–Crippen MR) is 73.0 cm³/mol. The molecule has 0 spiro atoms. The van der Waals surface area contributed by atoms with Crippen molar-refractivity contribution in [1.29, 1.82) is 0 Å². The van der Waals surface area contributed by atoms with Crippen LogP contribution in [0.25, 0.3) is 6.20 Å². The molecule has 0 radical (unpaired) electrons. The first-order valence-corrected chi connectivity index (χ1v) is 6.10. The van der Waals surface area contributed by atoms with E-state index in [9.17, 15) is 0 Å². The molecule has 0 aliphatic rings. The summed E-state index contributed by atoms with van der Waals surface area (Å²) in [5.74, 6) is 1.61. The Balaban J connectivity index is 1.97. The van der Waals surface area contributed by atoms with Crippen LogP contribution in [0.3, 0.4) is 0 Å². The van der Waals surface area contributed by atoms with Crippen LogP contribution in [0.2, 0.25) is 0 Å². The molecule has 0 unspecified atom stereocenters. The Bertz CT molecular complexity index is 509. The summed E-state index contributed by atoms with van der Waals surface area (Å²) < 4.78 is 3.69. The Labute approximate surface area is 107 Å². The van der Waals surface area contributed by atoms with Gasteiger partial charge in [0.15, 0.2) is 0 Å². The van der Waals surface area contributed by atoms with E-state index >= 15 is 0 Å². The molecule has 96 valence electrons. The molecule has 1 N–H and O–H groups in total. The number of hydrogen-bond donors (Lipinski definition) is 1. The van der Waals surface area contributed by atoms with Crippen molar-refractivity contribution in [1.82, 2.24) is 19.6 Å². The molecule has 0 saturated carbocycles. The number of rotatable bonds is 6. The fraction of sp³-hybridized carbons (Fsp3) is 0.385. The van der Waals surface area contributed by atoms with Crippen LogP contribution < -0.4 is 5.32 Å². The van der Waals surface area contributed by atoms with Crippen LogP contribution in [0.15, 0.2) is 31.2 Å². The molecule has 0 aliphatic heterocycles. The van der Waals surface area contributed by atoms with E-state index in [1.165, 1.54) is 0 Å². The molecular formula is C13H19N5. The Kier molecular flexibility index (Phi) is 3.82. The van der Waals surface area contributed by atoms with Gasteiger partial charge in [0, 0.05) is 37.1 Å². The van der Waals surface area contributed by atoms with Crippen molar-refractivity contribution in [3.05, 3.63) is 36.8 Å². The largest absolute Gasteiger partial charge is 0.366 e. The van der Waals surface area contributed by atoms with Gasteiger partial charge in [-0.25, -0.2) is 9.36 Å². The van der Waals surface area contributed by atoms with Gasteiger partial charge in [-0.1, -0.05) is 20.4 Å². The maximum atomic E-state index is 4.31. The lowest BCUT2D eigenvalue weighted by Gasteiger charge is -2.10. The van der Waals surface area contributed by atoms with Crippen LogP contribution in [0.5, 0.6) is 0 Å². The molecule has 18 heavy (non-hydrogen) atoms. The third kappa shape index (κ3) is 3.00. The van der Waals surface area contributed by atoms with Gasteiger partial charge < -0.3 is 5.32 Å². The summed E-state index contributed by atoms with van der Waals surface area (Å²) in [6, 6.07) is 1.99. The maximum absolute atomic E-state index is 4.31. The monoisotopic (exact) mass is 245 g/mol. The highest BCUT2D eigenvalue weighted by Crippen LogP contribution is 2.11. The van der Waals surface area contributed by atoms with Gasteiger partial charge in [0.25, 0.3) is 0 Å². The van der Waals surface area contributed by atoms with Crippen LogP contribution in [-0.4, -0.2) is 19.6 Å². The zero-order valence-electron chi connectivity index (χ0n) is 10.9. The summed E-state index contributed by atoms with van der Waals surface area (Å²) in [6.07, 6.45) is 7.27. The van der Waals surface area contributed by atoms with Crippen molar-refractivity contribution in [2.45, 2.75) is 26.9 Å². The average molecular weight is 245 g/mol. The Hall–Kier alpha value is -2.04. The number of nitrogens with one attached hydrogen (secondary N) is 1. The minimum atomic E-state index is 0.578. The van der Waals surface area contributed by atoms with Gasteiger partial charge in [0.1, 0.15) is 5.82 Å². The highest BCUT2D eigenvalue weighted by Gasteiger charge is 2.04. The maximum Gasteiger partial charge on any atom is 0.124 e. The first-order chi connectivity index (χ1) is 8.69. The summed E-state index contributed by atoms with van der Waals surface area (Å²) >= 11 is 0. The van der Waals surface area contributed by atoms with Crippen LogP contribution in [-0.2, 0) is 13.1 Å². The summed E-state index contributed by atoms with van der Waals surface area (Å²) in [4.78, 5) is 0. The molecule has 2 rings (SSSR count). The molecule has 0 bridgehead atoms. The van der Waals surface area contributed by atoms with E-state index in [0.717, 1.165) is 24.5 Å². The molecule has 2 heterocycles. The highest BCUT2D eigenvalue weighted by molar-refractivity contribution is 5.35. The zero-order chi connectivity index (χ0) is 13.0. The van der Waals surface area contributed by atoms with Crippen molar-refractivity contribution in [3.8, 4) is 0 Å². The minimum absolute atomic E-state index is 0.578. The smallest absolute Gasteiger partial charge is 0.124 e. The van der Waals surface area contributed by atoms with Crippen molar-refractivity contribution in [3.63, 3.8) is 0 Å². The average Bonchev–Trinajstić information content (AvgIpc) is 2.94. The van der Waals surface area contributed by atoms with E-state index in [2.05, 4.69) is 35.9 Å². The lowest BCUT2D eigenvalue weighted by Crippen LogP contribution is -2.11. The Morgan fingerprint density at radius 1 is 1.44 bits per heavy atom. The molecule has 2 aromatic rings. The van der Waals surface area contributed by atoms with Gasteiger partial charge in [0.05, 0.1) is 12.4 Å². The van der Waals surface area contributed by atoms with Crippen molar-refractivity contribution in [2.24, 2.45) is 5.92 Å². The Morgan fingerprint density at radius 3 is 2.94 bits per heavy atom. The van der Waals surface area contributed by atoms with E-state index in [4.69, 9.17) is 0 Å².